The largest absolute Gasteiger partial charge is 0.462 e. The van der Waals surface area contributed by atoms with E-state index in [1.807, 2.05) is 0 Å². The second kappa shape index (κ2) is 48.5. The van der Waals surface area contributed by atoms with E-state index in [4.69, 9.17) is 14.2 Å². The molecule has 0 heterocycles. The van der Waals surface area contributed by atoms with Gasteiger partial charge in [-0.1, -0.05) is 222 Å². The molecule has 0 fully saturated rings. The Kier molecular flexibility index (Phi) is 46.0. The van der Waals surface area contributed by atoms with Crippen molar-refractivity contribution in [2.45, 2.75) is 239 Å². The third-order valence-electron chi connectivity index (χ3n) is 10.5. The standard InChI is InChI=1S/C54H92O6/c1-4-7-10-13-16-19-22-24-26-28-29-32-35-38-41-44-47-53(56)59-50-51(49-58-52(55)46-43-40-37-34-31-21-18-15-12-9-6-3)60-54(57)48-45-42-39-36-33-30-27-25-23-20-17-14-11-8-5-2/h8-9,11-12,14,17-18,20-21,23,34,37,51H,4-7,10,13,15-16,19,22,24-33,35-36,38-50H2,1-3H3/b11-8-,12-9-,17-14-,21-18-,23-20-,37-34-. The van der Waals surface area contributed by atoms with Crippen LogP contribution in [0, 0.1) is 0 Å². The predicted octanol–water partition coefficient (Wildman–Crippen LogP) is 16.3. The molecule has 344 valence electrons. The molecule has 6 nitrogen and oxygen atoms in total. The molecule has 6 heteroatoms. The molecule has 0 amide bonds. The summed E-state index contributed by atoms with van der Waals surface area (Å²) in [6.07, 6.45) is 60.4. The predicted molar refractivity (Wildman–Crippen MR) is 256 cm³/mol. The summed E-state index contributed by atoms with van der Waals surface area (Å²) in [5.74, 6) is -0.963. The lowest BCUT2D eigenvalue weighted by Gasteiger charge is -2.18. The molecule has 0 saturated heterocycles. The Morgan fingerprint density at radius 3 is 1.25 bits per heavy atom. The van der Waals surface area contributed by atoms with Crippen LogP contribution in [-0.2, 0) is 28.6 Å². The quantitative estimate of drug-likeness (QED) is 0.0200. The molecule has 0 N–H and O–H groups in total. The number of hydrogen-bond donors (Lipinski definition) is 0. The first-order chi connectivity index (χ1) is 29.5. The van der Waals surface area contributed by atoms with Crippen LogP contribution in [0.2, 0.25) is 0 Å². The van der Waals surface area contributed by atoms with Crippen molar-refractivity contribution in [3.8, 4) is 0 Å². The molecule has 0 aliphatic rings. The summed E-state index contributed by atoms with van der Waals surface area (Å²) in [5, 5.41) is 0. The zero-order chi connectivity index (χ0) is 43.7. The minimum absolute atomic E-state index is 0.0947. The molecule has 0 aliphatic heterocycles. The monoisotopic (exact) mass is 837 g/mol. The zero-order valence-electron chi connectivity index (χ0n) is 39.2. The summed E-state index contributed by atoms with van der Waals surface area (Å²) in [6.45, 7) is 6.34. The van der Waals surface area contributed by atoms with Crippen molar-refractivity contribution in [1.29, 1.82) is 0 Å². The lowest BCUT2D eigenvalue weighted by atomic mass is 10.0. The van der Waals surface area contributed by atoms with Crippen LogP contribution in [0.3, 0.4) is 0 Å². The van der Waals surface area contributed by atoms with E-state index < -0.39 is 6.10 Å². The summed E-state index contributed by atoms with van der Waals surface area (Å²) in [5.41, 5.74) is 0. The lowest BCUT2D eigenvalue weighted by molar-refractivity contribution is -0.167. The van der Waals surface area contributed by atoms with Gasteiger partial charge in [-0.25, -0.2) is 0 Å². The van der Waals surface area contributed by atoms with E-state index >= 15 is 0 Å². The molecular weight excluding hydrogens is 745 g/mol. The van der Waals surface area contributed by atoms with Crippen LogP contribution < -0.4 is 0 Å². The average Bonchev–Trinajstić information content (AvgIpc) is 3.24. The number of rotatable bonds is 44. The number of carbonyl (C=O) groups excluding carboxylic acids is 3. The summed E-state index contributed by atoms with van der Waals surface area (Å²) < 4.78 is 16.7. The Bertz CT molecular complexity index is 1140. The molecule has 0 saturated carbocycles. The summed E-state index contributed by atoms with van der Waals surface area (Å²) in [4.78, 5) is 37.9. The number of carbonyl (C=O) groups is 3. The van der Waals surface area contributed by atoms with Gasteiger partial charge < -0.3 is 14.2 Å². The zero-order valence-corrected chi connectivity index (χ0v) is 39.2. The first-order valence-electron chi connectivity index (χ1n) is 25.0. The molecule has 1 atom stereocenters. The summed E-state index contributed by atoms with van der Waals surface area (Å²) in [6, 6.07) is 0. The fourth-order valence-electron chi connectivity index (χ4n) is 6.82. The van der Waals surface area contributed by atoms with E-state index in [1.165, 1.54) is 103 Å². The molecule has 0 aliphatic carbocycles. The SMILES string of the molecule is CC\C=C/C=C\C=C/CCCCCCCCCC(=O)OC(COC(=O)CCC/C=C\C/C=C\C/C=C\CC)COC(=O)CCCCCCCCCCCCCCCCCC. The molecule has 0 bridgehead atoms. The smallest absolute Gasteiger partial charge is 0.306 e. The van der Waals surface area contributed by atoms with E-state index in [0.717, 1.165) is 83.5 Å². The Morgan fingerprint density at radius 1 is 0.367 bits per heavy atom. The minimum Gasteiger partial charge on any atom is -0.462 e. The van der Waals surface area contributed by atoms with Gasteiger partial charge >= 0.3 is 17.9 Å². The highest BCUT2D eigenvalue weighted by Gasteiger charge is 2.19. The van der Waals surface area contributed by atoms with E-state index in [1.54, 1.807) is 0 Å². The van der Waals surface area contributed by atoms with E-state index in [9.17, 15) is 14.4 Å². The fourth-order valence-corrected chi connectivity index (χ4v) is 6.82. The van der Waals surface area contributed by atoms with Crippen molar-refractivity contribution in [2.24, 2.45) is 0 Å². The maximum Gasteiger partial charge on any atom is 0.306 e. The van der Waals surface area contributed by atoms with Crippen LogP contribution in [0.5, 0.6) is 0 Å². The van der Waals surface area contributed by atoms with Gasteiger partial charge in [-0.2, -0.15) is 0 Å². The lowest BCUT2D eigenvalue weighted by Crippen LogP contribution is -2.30. The normalized spacial score (nSPS) is 12.7. The average molecular weight is 837 g/mol. The first kappa shape index (κ1) is 56.9. The summed E-state index contributed by atoms with van der Waals surface area (Å²) in [7, 11) is 0. The highest BCUT2D eigenvalue weighted by atomic mass is 16.6. The topological polar surface area (TPSA) is 78.9 Å². The Labute approximate surface area is 370 Å². The van der Waals surface area contributed by atoms with Crippen LogP contribution in [-0.4, -0.2) is 37.2 Å². The fraction of sp³-hybridized carbons (Fsp3) is 0.722. The van der Waals surface area contributed by atoms with Gasteiger partial charge in [0.05, 0.1) is 0 Å². The Hall–Kier alpha value is -3.15. The maximum absolute atomic E-state index is 12.8. The van der Waals surface area contributed by atoms with Crippen LogP contribution in [0.1, 0.15) is 233 Å². The van der Waals surface area contributed by atoms with Gasteiger partial charge in [0.25, 0.3) is 0 Å². The van der Waals surface area contributed by atoms with Crippen LogP contribution in [0.4, 0.5) is 0 Å². The van der Waals surface area contributed by atoms with Crippen LogP contribution in [0.25, 0.3) is 0 Å². The molecule has 60 heavy (non-hydrogen) atoms. The summed E-state index contributed by atoms with van der Waals surface area (Å²) >= 11 is 0. The van der Waals surface area contributed by atoms with Crippen molar-refractivity contribution in [2.75, 3.05) is 13.2 Å². The van der Waals surface area contributed by atoms with Crippen molar-refractivity contribution in [3.63, 3.8) is 0 Å². The van der Waals surface area contributed by atoms with E-state index in [2.05, 4.69) is 93.7 Å². The number of ether oxygens (including phenoxy) is 3. The molecule has 0 aromatic rings. The van der Waals surface area contributed by atoms with Crippen molar-refractivity contribution < 1.29 is 28.6 Å². The maximum atomic E-state index is 12.8. The molecule has 1 unspecified atom stereocenters. The van der Waals surface area contributed by atoms with E-state index in [-0.39, 0.29) is 37.5 Å². The number of allylic oxidation sites excluding steroid dienone is 12. The van der Waals surface area contributed by atoms with Gasteiger partial charge in [0, 0.05) is 19.3 Å². The third-order valence-corrected chi connectivity index (χ3v) is 10.5. The van der Waals surface area contributed by atoms with Crippen molar-refractivity contribution >= 4 is 17.9 Å². The molecule has 0 rings (SSSR count). The Morgan fingerprint density at radius 2 is 0.750 bits per heavy atom. The minimum atomic E-state index is -0.799. The molecule has 0 aromatic carbocycles. The second-order valence-electron chi connectivity index (χ2n) is 16.4. The highest BCUT2D eigenvalue weighted by Crippen LogP contribution is 2.15. The van der Waals surface area contributed by atoms with Crippen molar-refractivity contribution in [1.82, 2.24) is 0 Å². The third kappa shape index (κ3) is 45.9. The van der Waals surface area contributed by atoms with Crippen molar-refractivity contribution in [3.05, 3.63) is 72.9 Å². The van der Waals surface area contributed by atoms with Gasteiger partial charge in [-0.15, -0.1) is 0 Å². The highest BCUT2D eigenvalue weighted by molar-refractivity contribution is 5.71. The van der Waals surface area contributed by atoms with Gasteiger partial charge in [-0.3, -0.25) is 14.4 Å². The molecular formula is C54H92O6. The van der Waals surface area contributed by atoms with Gasteiger partial charge in [0.1, 0.15) is 13.2 Å². The number of hydrogen-bond acceptors (Lipinski definition) is 6. The Balaban J connectivity index is 4.41. The van der Waals surface area contributed by atoms with Gasteiger partial charge in [0.15, 0.2) is 6.10 Å². The van der Waals surface area contributed by atoms with Gasteiger partial charge in [0.2, 0.25) is 0 Å². The number of esters is 3. The molecule has 0 aromatic heterocycles. The van der Waals surface area contributed by atoms with E-state index in [0.29, 0.717) is 19.3 Å². The first-order valence-corrected chi connectivity index (χ1v) is 25.0. The number of unbranched alkanes of at least 4 members (excludes halogenated alkanes) is 23. The molecule has 0 spiro atoms. The second-order valence-corrected chi connectivity index (χ2v) is 16.4. The van der Waals surface area contributed by atoms with Gasteiger partial charge in [-0.05, 0) is 64.2 Å². The molecule has 0 radical (unpaired) electrons. The van der Waals surface area contributed by atoms with Crippen LogP contribution in [0.15, 0.2) is 72.9 Å². The van der Waals surface area contributed by atoms with Crippen LogP contribution >= 0.6 is 0 Å².